The van der Waals surface area contributed by atoms with Crippen molar-refractivity contribution in [3.8, 4) is 11.8 Å². The highest BCUT2D eigenvalue weighted by Crippen LogP contribution is 2.30. The van der Waals surface area contributed by atoms with Crippen molar-refractivity contribution in [3.05, 3.63) is 17.6 Å². The van der Waals surface area contributed by atoms with Crippen LogP contribution in [0.5, 0.6) is 0 Å². The topological polar surface area (TPSA) is 32.3 Å². The summed E-state index contributed by atoms with van der Waals surface area (Å²) in [5.74, 6) is 9.73. The number of hydrogen-bond donors (Lipinski definition) is 0. The number of rotatable bonds is 6. The first-order valence-electron chi connectivity index (χ1n) is 9.48. The quantitative estimate of drug-likeness (QED) is 0.574. The molecule has 0 N–H and O–H groups in total. The molecule has 1 aromatic rings. The first-order valence-corrected chi connectivity index (χ1v) is 10.0. The highest BCUT2D eigenvalue weighted by atomic mass is 35.5. The van der Waals surface area contributed by atoms with E-state index in [0.717, 1.165) is 43.2 Å². The van der Waals surface area contributed by atoms with E-state index in [1.807, 2.05) is 6.20 Å². The van der Waals surface area contributed by atoms with Gasteiger partial charge in [0.05, 0.1) is 11.9 Å². The van der Waals surface area contributed by atoms with Crippen LogP contribution in [0.25, 0.3) is 0 Å². The van der Waals surface area contributed by atoms with Gasteiger partial charge < -0.3 is 9.80 Å². The monoisotopic (exact) mass is 360 g/mol. The van der Waals surface area contributed by atoms with Gasteiger partial charge in [-0.15, -0.1) is 11.6 Å². The minimum atomic E-state index is 0.226. The van der Waals surface area contributed by atoms with Gasteiger partial charge in [0.1, 0.15) is 11.6 Å². The summed E-state index contributed by atoms with van der Waals surface area (Å²) in [4.78, 5) is 13.9. The maximum absolute atomic E-state index is 6.01. The molecule has 1 aromatic heterocycles. The van der Waals surface area contributed by atoms with Gasteiger partial charge in [-0.2, -0.15) is 0 Å². The third-order valence-corrected chi connectivity index (χ3v) is 5.48. The summed E-state index contributed by atoms with van der Waals surface area (Å²) in [5, 5.41) is 0. The van der Waals surface area contributed by atoms with Crippen LogP contribution in [0.3, 0.4) is 0 Å². The van der Waals surface area contributed by atoms with Crippen LogP contribution in [0, 0.1) is 17.8 Å². The lowest BCUT2D eigenvalue weighted by Crippen LogP contribution is -2.41. The van der Waals surface area contributed by atoms with Gasteiger partial charge in [0.2, 0.25) is 0 Å². The molecule has 1 unspecified atom stereocenters. The minimum Gasteiger partial charge on any atom is -0.342 e. The Balaban J connectivity index is 1.88. The van der Waals surface area contributed by atoms with Crippen molar-refractivity contribution in [1.82, 2.24) is 14.9 Å². The van der Waals surface area contributed by atoms with Gasteiger partial charge in [0.15, 0.2) is 0 Å². The lowest BCUT2D eigenvalue weighted by molar-refractivity contribution is 0.343. The molecule has 4 nitrogen and oxygen atoms in total. The van der Waals surface area contributed by atoms with Gasteiger partial charge in [-0.25, -0.2) is 9.97 Å². The Hall–Kier alpha value is -1.31. The zero-order chi connectivity index (χ0) is 17.6. The average molecular weight is 361 g/mol. The molecule has 1 atom stereocenters. The van der Waals surface area contributed by atoms with Gasteiger partial charge in [-0.1, -0.05) is 31.1 Å². The van der Waals surface area contributed by atoms with Gasteiger partial charge in [0.25, 0.3) is 0 Å². The van der Waals surface area contributed by atoms with Gasteiger partial charge in [0, 0.05) is 31.3 Å². The van der Waals surface area contributed by atoms with Gasteiger partial charge in [-0.05, 0) is 39.3 Å². The predicted molar refractivity (Wildman–Crippen MR) is 104 cm³/mol. The normalized spacial score (nSPS) is 20.8. The van der Waals surface area contributed by atoms with E-state index in [2.05, 4.69) is 40.7 Å². The number of halogens is 1. The van der Waals surface area contributed by atoms with Crippen molar-refractivity contribution in [2.75, 3.05) is 32.1 Å². The summed E-state index contributed by atoms with van der Waals surface area (Å²) in [6.45, 7) is 2.09. The van der Waals surface area contributed by atoms with Crippen LogP contribution in [-0.4, -0.2) is 48.1 Å². The summed E-state index contributed by atoms with van der Waals surface area (Å²) in [7, 11) is 4.24. The largest absolute Gasteiger partial charge is 0.342 e. The fraction of sp³-hybridized carbons (Fsp3) is 0.700. The van der Waals surface area contributed by atoms with E-state index in [1.165, 1.54) is 32.1 Å². The standard InChI is InChI=1S/C20H29ClN4/c1-24(2)12-11-18-10-6-9-17-14-22-19(13-21)23-20(17)25(18)15-16-7-4-3-5-8-16/h14,16,18H,3-5,7-9,11-13,15H2,1-2H3. The fourth-order valence-corrected chi connectivity index (χ4v) is 3.96. The molecule has 1 aliphatic carbocycles. The van der Waals surface area contributed by atoms with Crippen LogP contribution in [0.4, 0.5) is 5.82 Å². The maximum Gasteiger partial charge on any atom is 0.145 e. The molecule has 0 radical (unpaired) electrons. The van der Waals surface area contributed by atoms with E-state index in [9.17, 15) is 0 Å². The Kier molecular flexibility index (Phi) is 6.56. The van der Waals surface area contributed by atoms with Gasteiger partial charge >= 0.3 is 0 Å². The molecule has 0 spiro atoms. The third-order valence-electron chi connectivity index (χ3n) is 5.24. The second-order valence-corrected chi connectivity index (χ2v) is 7.80. The van der Waals surface area contributed by atoms with Crippen LogP contribution >= 0.6 is 11.6 Å². The fourth-order valence-electron chi connectivity index (χ4n) is 3.83. The molecule has 25 heavy (non-hydrogen) atoms. The van der Waals surface area contributed by atoms with E-state index in [4.69, 9.17) is 16.6 Å². The van der Waals surface area contributed by atoms with Crippen LogP contribution in [0.15, 0.2) is 6.20 Å². The van der Waals surface area contributed by atoms with Gasteiger partial charge in [-0.3, -0.25) is 0 Å². The summed E-state index contributed by atoms with van der Waals surface area (Å²) in [5.41, 5.74) is 1.14. The molecule has 2 heterocycles. The second kappa shape index (κ2) is 8.87. The van der Waals surface area contributed by atoms with Crippen molar-refractivity contribution in [2.24, 2.45) is 5.92 Å². The number of fused-ring (bicyclic) bond motifs is 1. The Labute approximate surface area is 157 Å². The molecule has 3 rings (SSSR count). The highest BCUT2D eigenvalue weighted by Gasteiger charge is 2.27. The molecule has 5 heteroatoms. The SMILES string of the molecule is CN(C)CCC1C#CCc2cnc(CCl)nc2N1CC1CCCCC1. The molecule has 2 aliphatic rings. The summed E-state index contributed by atoms with van der Waals surface area (Å²) in [6, 6.07) is 0.226. The number of aromatic nitrogens is 2. The first-order chi connectivity index (χ1) is 12.2. The molecule has 0 aromatic carbocycles. The highest BCUT2D eigenvalue weighted by molar-refractivity contribution is 6.16. The van der Waals surface area contributed by atoms with E-state index < -0.39 is 0 Å². The summed E-state index contributed by atoms with van der Waals surface area (Å²) < 4.78 is 0. The average Bonchev–Trinajstić information content (AvgIpc) is 2.80. The van der Waals surface area contributed by atoms with E-state index >= 15 is 0 Å². The lowest BCUT2D eigenvalue weighted by Gasteiger charge is -2.35. The second-order valence-electron chi connectivity index (χ2n) is 7.53. The zero-order valence-electron chi connectivity index (χ0n) is 15.5. The van der Waals surface area contributed by atoms with E-state index in [0.29, 0.717) is 11.7 Å². The van der Waals surface area contributed by atoms with Crippen molar-refractivity contribution in [3.63, 3.8) is 0 Å². The summed E-state index contributed by atoms with van der Waals surface area (Å²) in [6.07, 6.45) is 10.4. The Morgan fingerprint density at radius 1 is 1.28 bits per heavy atom. The number of alkyl halides is 1. The number of nitrogens with zero attached hydrogens (tertiary/aromatic N) is 4. The predicted octanol–water partition coefficient (Wildman–Crippen LogP) is 3.48. The van der Waals surface area contributed by atoms with Crippen molar-refractivity contribution in [2.45, 2.75) is 56.9 Å². The maximum atomic E-state index is 6.01. The Morgan fingerprint density at radius 2 is 2.08 bits per heavy atom. The molecule has 0 bridgehead atoms. The Morgan fingerprint density at radius 3 is 2.80 bits per heavy atom. The van der Waals surface area contributed by atoms with Crippen molar-refractivity contribution >= 4 is 17.4 Å². The Bertz CT molecular complexity index is 628. The van der Waals surface area contributed by atoms with Crippen LogP contribution in [-0.2, 0) is 12.3 Å². The van der Waals surface area contributed by atoms with Crippen molar-refractivity contribution < 1.29 is 0 Å². The zero-order valence-corrected chi connectivity index (χ0v) is 16.2. The van der Waals surface area contributed by atoms with Crippen molar-refractivity contribution in [1.29, 1.82) is 0 Å². The third kappa shape index (κ3) is 4.86. The van der Waals surface area contributed by atoms with Crippen LogP contribution < -0.4 is 4.90 Å². The number of hydrogen-bond acceptors (Lipinski definition) is 4. The molecule has 136 valence electrons. The lowest BCUT2D eigenvalue weighted by atomic mass is 9.88. The van der Waals surface area contributed by atoms with Crippen LogP contribution in [0.2, 0.25) is 0 Å². The molecule has 1 aliphatic heterocycles. The molecule has 0 amide bonds. The molecular formula is C20H29ClN4. The molecular weight excluding hydrogens is 332 g/mol. The summed E-state index contributed by atoms with van der Waals surface area (Å²) >= 11 is 6.01. The minimum absolute atomic E-state index is 0.226. The van der Waals surface area contributed by atoms with E-state index in [1.54, 1.807) is 0 Å². The first kappa shape index (κ1) is 18.5. The van der Waals surface area contributed by atoms with Crippen LogP contribution in [0.1, 0.15) is 49.9 Å². The molecule has 0 saturated heterocycles. The number of anilines is 1. The molecule has 1 fully saturated rings. The smallest absolute Gasteiger partial charge is 0.145 e. The molecule has 1 saturated carbocycles. The van der Waals surface area contributed by atoms with E-state index in [-0.39, 0.29) is 6.04 Å².